The summed E-state index contributed by atoms with van der Waals surface area (Å²) in [7, 11) is 4.59. The number of aliphatic hydroxyl groups excluding tert-OH is 3. The van der Waals surface area contributed by atoms with Crippen molar-refractivity contribution >= 4 is 23.4 Å². The smallest absolute Gasteiger partial charge is 0.329 e. The lowest BCUT2D eigenvalue weighted by Gasteiger charge is -2.42. The molecule has 1 saturated carbocycles. The molecule has 65 heavy (non-hydrogen) atoms. The highest BCUT2D eigenvalue weighted by Crippen LogP contribution is 2.38. The number of carbonyl (C=O) groups is 4. The molecular formula is C51H81NO13. The molecule has 0 aromatic carbocycles. The number of hydrogen-bond donors (Lipinski definition) is 4. The molecule has 0 aromatic rings. The second-order valence-electron chi connectivity index (χ2n) is 19.8. The van der Waals surface area contributed by atoms with E-state index in [1.165, 1.54) is 12.0 Å². The van der Waals surface area contributed by atoms with Gasteiger partial charge in [0.2, 0.25) is 5.79 Å². The summed E-state index contributed by atoms with van der Waals surface area (Å²) in [5, 5.41) is 45.3. The topological polar surface area (TPSA) is 199 Å². The first-order valence-corrected chi connectivity index (χ1v) is 24.1. The molecule has 4 N–H and O–H groups in total. The number of ketones is 2. The summed E-state index contributed by atoms with van der Waals surface area (Å²) < 4.78 is 29.5. The summed E-state index contributed by atoms with van der Waals surface area (Å²) in [6.07, 6.45) is 10.9. The Bertz CT molecular complexity index is 1710. The lowest BCUT2D eigenvalue weighted by molar-refractivity contribution is -0.265. The number of fused-ring (bicyclic) bond motifs is 3. The van der Waals surface area contributed by atoms with E-state index in [1.54, 1.807) is 41.1 Å². The molecule has 0 spiro atoms. The summed E-state index contributed by atoms with van der Waals surface area (Å²) >= 11 is 0. The Kier molecular flexibility index (Phi) is 21.3. The van der Waals surface area contributed by atoms with Crippen LogP contribution in [0.5, 0.6) is 0 Å². The van der Waals surface area contributed by atoms with Crippen molar-refractivity contribution in [1.82, 2.24) is 4.90 Å². The minimum absolute atomic E-state index is 0.0801. The molecule has 16 atom stereocenters. The van der Waals surface area contributed by atoms with Crippen molar-refractivity contribution < 1.29 is 63.3 Å². The highest BCUT2D eigenvalue weighted by atomic mass is 16.6. The maximum absolute atomic E-state index is 14.4. The van der Waals surface area contributed by atoms with E-state index in [0.717, 1.165) is 12.0 Å². The van der Waals surface area contributed by atoms with Gasteiger partial charge in [0.05, 0.1) is 30.5 Å². The van der Waals surface area contributed by atoms with E-state index in [2.05, 4.69) is 0 Å². The van der Waals surface area contributed by atoms with Gasteiger partial charge < -0.3 is 49.0 Å². The molecule has 3 aliphatic heterocycles. The van der Waals surface area contributed by atoms with Crippen molar-refractivity contribution in [2.45, 2.75) is 186 Å². The van der Waals surface area contributed by atoms with E-state index in [0.29, 0.717) is 63.4 Å². The Morgan fingerprint density at radius 1 is 0.846 bits per heavy atom. The third-order valence-electron chi connectivity index (χ3n) is 14.7. The van der Waals surface area contributed by atoms with Crippen LogP contribution in [0.15, 0.2) is 47.6 Å². The number of piperidine rings is 1. The quantitative estimate of drug-likeness (QED) is 0.138. The number of carbonyl (C=O) groups excluding carboxylic acids is 4. The number of ether oxygens (including phenoxy) is 5. The highest BCUT2D eigenvalue weighted by Gasteiger charge is 2.53. The molecule has 2 unspecified atom stereocenters. The van der Waals surface area contributed by atoms with Crippen LogP contribution in [-0.4, -0.2) is 137 Å². The molecule has 1 aliphatic carbocycles. The lowest BCUT2D eigenvalue weighted by Crippen LogP contribution is -2.61. The van der Waals surface area contributed by atoms with Gasteiger partial charge in [-0.05, 0) is 113 Å². The molecule has 14 heteroatoms. The van der Waals surface area contributed by atoms with Gasteiger partial charge >= 0.3 is 5.97 Å². The molecule has 2 bridgehead atoms. The van der Waals surface area contributed by atoms with Crippen molar-refractivity contribution in [2.24, 2.45) is 35.5 Å². The lowest BCUT2D eigenvalue weighted by atomic mass is 9.78. The number of aliphatic hydroxyl groups is 4. The van der Waals surface area contributed by atoms with Gasteiger partial charge in [0, 0.05) is 52.6 Å². The average Bonchev–Trinajstić information content (AvgIpc) is 3.28. The second-order valence-corrected chi connectivity index (χ2v) is 19.8. The zero-order valence-electron chi connectivity index (χ0n) is 40.7. The maximum atomic E-state index is 14.4. The SMILES string of the molecule is CO[C@H]1C[C@@H]2CC[C@@H](C)[C@@](O)(O2)C(=O)C(=O)N2CCCC[C@H]2C(=O)O[C@H]([C@H](C)CC2CC[C@H](O)[C@@H](OC)C2)CC(=O)[C@H](C)/C=C(\C)[C@H](O)[C@@H](OC)C(O)[C@H](C)C[C@H](C)/C=C/C=C/C=C/1C. The first-order chi connectivity index (χ1) is 30.7. The summed E-state index contributed by atoms with van der Waals surface area (Å²) in [6.45, 7) is 13.0. The van der Waals surface area contributed by atoms with E-state index < -0.39 is 84.1 Å². The number of allylic oxidation sites excluding steroid dienone is 6. The third kappa shape index (κ3) is 14.5. The highest BCUT2D eigenvalue weighted by molar-refractivity contribution is 6.39. The molecule has 0 radical (unpaired) electrons. The number of rotatable bonds is 6. The van der Waals surface area contributed by atoms with E-state index in [9.17, 15) is 39.6 Å². The van der Waals surface area contributed by atoms with Gasteiger partial charge in [-0.1, -0.05) is 71.1 Å². The Labute approximate surface area is 387 Å². The van der Waals surface area contributed by atoms with Crippen LogP contribution in [-0.2, 0) is 42.9 Å². The molecule has 3 heterocycles. The van der Waals surface area contributed by atoms with Crippen LogP contribution in [0.4, 0.5) is 0 Å². The van der Waals surface area contributed by atoms with Crippen LogP contribution in [0.25, 0.3) is 0 Å². The summed E-state index contributed by atoms with van der Waals surface area (Å²) in [5.74, 6) is -7.35. The van der Waals surface area contributed by atoms with Gasteiger partial charge in [-0.2, -0.15) is 0 Å². The standard InChI is InChI=1S/C51H81NO13/c1-30-16-12-11-13-17-31(2)42(61-8)28-38-21-19-36(7)51(60,65-38)48(57)49(58)52-23-15-14-18-39(52)50(59)64-43(33(4)26-37-20-22-40(53)44(27-37)62-9)29-41(54)32(3)25-35(6)46(56)47(63-10)45(55)34(5)24-30/h11-13,16-17,25,30,32-34,36-40,42-47,53,55-56,60H,14-15,18-24,26-29H2,1-10H3/b13-11+,16-12+,31-17+,35-25+/t30-,32-,33-,34-,36-,37?,38+,39+,40+,42+,43+,44+,45?,46+,47+,51-/m1/s1. The molecule has 368 valence electrons. The van der Waals surface area contributed by atoms with Crippen molar-refractivity contribution in [3.63, 3.8) is 0 Å². The van der Waals surface area contributed by atoms with Gasteiger partial charge in [-0.15, -0.1) is 0 Å². The molecular weight excluding hydrogens is 835 g/mol. The first kappa shape index (κ1) is 54.5. The molecule has 3 fully saturated rings. The van der Waals surface area contributed by atoms with E-state index in [-0.39, 0.29) is 54.9 Å². The molecule has 1 amide bonds. The Balaban J connectivity index is 1.70. The number of methoxy groups -OCH3 is 3. The van der Waals surface area contributed by atoms with Gasteiger partial charge in [0.15, 0.2) is 0 Å². The monoisotopic (exact) mass is 916 g/mol. The molecule has 0 aromatic heterocycles. The Hall–Kier alpha value is -3.08. The zero-order valence-corrected chi connectivity index (χ0v) is 40.7. The first-order valence-electron chi connectivity index (χ1n) is 24.1. The Morgan fingerprint density at radius 2 is 1.57 bits per heavy atom. The summed E-state index contributed by atoms with van der Waals surface area (Å²) in [5.41, 5.74) is 1.34. The average molecular weight is 916 g/mol. The van der Waals surface area contributed by atoms with Crippen LogP contribution in [0.3, 0.4) is 0 Å². The van der Waals surface area contributed by atoms with Crippen LogP contribution in [0.2, 0.25) is 0 Å². The minimum atomic E-state index is -2.42. The molecule has 4 aliphatic rings. The number of hydrogen-bond acceptors (Lipinski definition) is 13. The van der Waals surface area contributed by atoms with Gasteiger partial charge in [0.1, 0.15) is 30.1 Å². The number of Topliss-reactive ketones (excluding diaryl/α,β-unsaturated/α-hetero) is 2. The minimum Gasteiger partial charge on any atom is -0.460 e. The van der Waals surface area contributed by atoms with Crippen LogP contribution < -0.4 is 0 Å². The van der Waals surface area contributed by atoms with Crippen LogP contribution >= 0.6 is 0 Å². The fourth-order valence-corrected chi connectivity index (χ4v) is 10.3. The van der Waals surface area contributed by atoms with E-state index >= 15 is 0 Å². The summed E-state index contributed by atoms with van der Waals surface area (Å²) in [4.78, 5) is 58.1. The number of amides is 1. The van der Waals surface area contributed by atoms with Gasteiger partial charge in [-0.3, -0.25) is 14.4 Å². The number of cyclic esters (lactones) is 1. The maximum Gasteiger partial charge on any atom is 0.329 e. The predicted octanol–water partition coefficient (Wildman–Crippen LogP) is 5.97. The van der Waals surface area contributed by atoms with Crippen molar-refractivity contribution in [1.29, 1.82) is 0 Å². The second kappa shape index (κ2) is 25.3. The summed E-state index contributed by atoms with van der Waals surface area (Å²) in [6, 6.07) is -1.13. The normalized spacial score (nSPS) is 41.5. The van der Waals surface area contributed by atoms with E-state index in [4.69, 9.17) is 23.7 Å². The fourth-order valence-electron chi connectivity index (χ4n) is 10.3. The largest absolute Gasteiger partial charge is 0.460 e. The van der Waals surface area contributed by atoms with Crippen LogP contribution in [0.1, 0.15) is 126 Å². The van der Waals surface area contributed by atoms with Gasteiger partial charge in [0.25, 0.3) is 11.7 Å². The van der Waals surface area contributed by atoms with Crippen molar-refractivity contribution in [3.8, 4) is 0 Å². The van der Waals surface area contributed by atoms with E-state index in [1.807, 2.05) is 58.1 Å². The van der Waals surface area contributed by atoms with Crippen molar-refractivity contribution in [2.75, 3.05) is 27.9 Å². The van der Waals surface area contributed by atoms with Crippen LogP contribution in [0, 0.1) is 35.5 Å². The van der Waals surface area contributed by atoms with Gasteiger partial charge in [-0.25, -0.2) is 4.79 Å². The number of nitrogens with zero attached hydrogens (tertiary/aromatic N) is 1. The third-order valence-corrected chi connectivity index (χ3v) is 14.7. The molecule has 14 nitrogen and oxygen atoms in total. The molecule has 4 rings (SSSR count). The zero-order chi connectivity index (χ0) is 48.2. The Morgan fingerprint density at radius 3 is 2.25 bits per heavy atom. The predicted molar refractivity (Wildman–Crippen MR) is 246 cm³/mol. The molecule has 2 saturated heterocycles. The number of esters is 1. The van der Waals surface area contributed by atoms with Crippen molar-refractivity contribution in [3.05, 3.63) is 47.6 Å². The fraction of sp³-hybridized carbons (Fsp3) is 0.765.